The highest BCUT2D eigenvalue weighted by Gasteiger charge is 2.49. The van der Waals surface area contributed by atoms with E-state index in [2.05, 4.69) is 10.3 Å². The number of urea groups is 1. The van der Waals surface area contributed by atoms with E-state index in [9.17, 15) is 9.59 Å². The number of thiazole rings is 1. The van der Waals surface area contributed by atoms with Crippen molar-refractivity contribution in [2.75, 3.05) is 0 Å². The molecule has 0 radical (unpaired) electrons. The van der Waals surface area contributed by atoms with Crippen LogP contribution in [-0.2, 0) is 11.3 Å². The number of nitrogens with one attached hydrogen (secondary N) is 1. The summed E-state index contributed by atoms with van der Waals surface area (Å²) in [6.07, 6.45) is 4.97. The molecule has 1 N–H and O–H groups in total. The molecule has 3 rings (SSSR count). The minimum Gasteiger partial charge on any atom is -0.323 e. The lowest BCUT2D eigenvalue weighted by atomic mass is 9.88. The normalized spacial score (nSPS) is 26.3. The minimum absolute atomic E-state index is 0.0541. The Morgan fingerprint density at radius 2 is 2.09 bits per heavy atom. The number of amides is 3. The van der Waals surface area contributed by atoms with Crippen LogP contribution in [0.15, 0.2) is 5.38 Å². The van der Waals surface area contributed by atoms with Gasteiger partial charge in [0.25, 0.3) is 5.91 Å². The zero-order chi connectivity index (χ0) is 15.9. The zero-order valence-electron chi connectivity index (χ0n) is 13.4. The average Bonchev–Trinajstić information content (AvgIpc) is 3.17. The minimum atomic E-state index is -0.804. The summed E-state index contributed by atoms with van der Waals surface area (Å²) in [4.78, 5) is 30.7. The third-order valence-corrected chi connectivity index (χ3v) is 6.11. The molecule has 6 heteroatoms. The van der Waals surface area contributed by atoms with Crippen LogP contribution in [0.2, 0.25) is 0 Å². The lowest BCUT2D eigenvalue weighted by Gasteiger charge is -2.25. The first kappa shape index (κ1) is 15.5. The summed E-state index contributed by atoms with van der Waals surface area (Å²) in [6, 6.07) is -0.309. The van der Waals surface area contributed by atoms with E-state index in [0.29, 0.717) is 5.92 Å². The van der Waals surface area contributed by atoms with Crippen molar-refractivity contribution >= 4 is 23.3 Å². The molecule has 1 aliphatic heterocycles. The highest BCUT2D eigenvalue weighted by atomic mass is 32.1. The van der Waals surface area contributed by atoms with Gasteiger partial charge in [0.2, 0.25) is 0 Å². The average molecular weight is 321 g/mol. The fourth-order valence-electron chi connectivity index (χ4n) is 3.17. The van der Waals surface area contributed by atoms with E-state index >= 15 is 0 Å². The molecule has 1 saturated carbocycles. The molecule has 22 heavy (non-hydrogen) atoms. The predicted octanol–water partition coefficient (Wildman–Crippen LogP) is 3.27. The predicted molar refractivity (Wildman–Crippen MR) is 85.6 cm³/mol. The van der Waals surface area contributed by atoms with Gasteiger partial charge in [-0.05, 0) is 25.7 Å². The van der Waals surface area contributed by atoms with Gasteiger partial charge in [0.05, 0.1) is 17.2 Å². The fraction of sp³-hybridized carbons (Fsp3) is 0.688. The Morgan fingerprint density at radius 3 is 2.68 bits per heavy atom. The van der Waals surface area contributed by atoms with Crippen molar-refractivity contribution in [1.82, 2.24) is 15.2 Å². The van der Waals surface area contributed by atoms with Gasteiger partial charge in [-0.25, -0.2) is 9.78 Å². The lowest BCUT2D eigenvalue weighted by Crippen LogP contribution is -2.48. The second kappa shape index (κ2) is 5.65. The zero-order valence-corrected chi connectivity index (χ0v) is 14.2. The Morgan fingerprint density at radius 1 is 1.41 bits per heavy atom. The molecular weight excluding hydrogens is 298 g/mol. The SMILES string of the molecule is CC(C)C1(C)NC(=O)N(Cc2csc(C3CCCC3)n2)C1=O. The van der Waals surface area contributed by atoms with Crippen LogP contribution in [-0.4, -0.2) is 27.4 Å². The summed E-state index contributed by atoms with van der Waals surface area (Å²) >= 11 is 1.66. The summed E-state index contributed by atoms with van der Waals surface area (Å²) in [5.74, 6) is 0.476. The first-order chi connectivity index (χ1) is 10.4. The molecule has 2 heterocycles. The van der Waals surface area contributed by atoms with Crippen LogP contribution >= 0.6 is 11.3 Å². The molecular formula is C16H23N3O2S. The molecule has 0 bridgehead atoms. The Kier molecular flexibility index (Phi) is 3.97. The van der Waals surface area contributed by atoms with Crippen LogP contribution in [0, 0.1) is 5.92 Å². The molecule has 120 valence electrons. The Hall–Kier alpha value is -1.43. The standard InChI is InChI=1S/C16H23N3O2S/c1-10(2)16(3)14(20)19(15(21)18-16)8-12-9-22-13(17-12)11-6-4-5-7-11/h9-11H,4-8H2,1-3H3,(H,18,21). The number of hydrogen-bond acceptors (Lipinski definition) is 4. The van der Waals surface area contributed by atoms with Crippen LogP contribution in [0.1, 0.15) is 63.1 Å². The van der Waals surface area contributed by atoms with Crippen LogP contribution in [0.25, 0.3) is 0 Å². The number of hydrogen-bond donors (Lipinski definition) is 1. The van der Waals surface area contributed by atoms with E-state index in [4.69, 9.17) is 0 Å². The number of rotatable bonds is 4. The summed E-state index contributed by atoms with van der Waals surface area (Å²) < 4.78 is 0. The third-order valence-electron chi connectivity index (χ3n) is 5.05. The number of aromatic nitrogens is 1. The molecule has 0 aromatic carbocycles. The molecule has 5 nitrogen and oxygen atoms in total. The fourth-order valence-corrected chi connectivity index (χ4v) is 4.15. The maximum atomic E-state index is 12.6. The molecule has 1 atom stereocenters. The molecule has 2 aliphatic rings. The van der Waals surface area contributed by atoms with Crippen LogP contribution in [0.3, 0.4) is 0 Å². The third kappa shape index (κ3) is 2.53. The van der Waals surface area contributed by atoms with Gasteiger partial charge >= 0.3 is 6.03 Å². The number of nitrogens with zero attached hydrogens (tertiary/aromatic N) is 2. The number of imide groups is 1. The smallest absolute Gasteiger partial charge is 0.323 e. The second-order valence-corrected chi connectivity index (χ2v) is 7.73. The Labute approximate surface area is 135 Å². The van der Waals surface area contributed by atoms with Gasteiger partial charge in [-0.1, -0.05) is 26.7 Å². The van der Waals surface area contributed by atoms with Crippen molar-refractivity contribution in [3.05, 3.63) is 16.1 Å². The molecule has 1 aromatic heterocycles. The Bertz CT molecular complexity index is 592. The van der Waals surface area contributed by atoms with E-state index < -0.39 is 5.54 Å². The highest BCUT2D eigenvalue weighted by Crippen LogP contribution is 2.36. The molecule has 2 fully saturated rings. The summed E-state index contributed by atoms with van der Waals surface area (Å²) in [6.45, 7) is 5.96. The summed E-state index contributed by atoms with van der Waals surface area (Å²) in [5, 5.41) is 5.97. The number of carbonyl (C=O) groups is 2. The van der Waals surface area contributed by atoms with Crippen molar-refractivity contribution < 1.29 is 9.59 Å². The monoisotopic (exact) mass is 321 g/mol. The van der Waals surface area contributed by atoms with E-state index in [-0.39, 0.29) is 24.4 Å². The van der Waals surface area contributed by atoms with Gasteiger partial charge in [-0.2, -0.15) is 0 Å². The van der Waals surface area contributed by atoms with E-state index in [1.54, 1.807) is 18.3 Å². The molecule has 1 aromatic rings. The van der Waals surface area contributed by atoms with Gasteiger partial charge in [-0.3, -0.25) is 9.69 Å². The first-order valence-corrected chi connectivity index (χ1v) is 8.88. The molecule has 3 amide bonds. The largest absolute Gasteiger partial charge is 0.325 e. The molecule has 1 aliphatic carbocycles. The molecule has 0 spiro atoms. The topological polar surface area (TPSA) is 62.3 Å². The van der Waals surface area contributed by atoms with Gasteiger partial charge in [0.15, 0.2) is 0 Å². The maximum absolute atomic E-state index is 12.6. The Balaban J connectivity index is 1.73. The molecule has 1 unspecified atom stereocenters. The second-order valence-electron chi connectivity index (χ2n) is 6.84. The van der Waals surface area contributed by atoms with E-state index in [0.717, 1.165) is 10.7 Å². The van der Waals surface area contributed by atoms with Crippen molar-refractivity contribution in [3.8, 4) is 0 Å². The quantitative estimate of drug-likeness (QED) is 0.866. The van der Waals surface area contributed by atoms with E-state index in [1.807, 2.05) is 19.2 Å². The van der Waals surface area contributed by atoms with Crippen molar-refractivity contribution in [1.29, 1.82) is 0 Å². The van der Waals surface area contributed by atoms with Gasteiger partial charge in [0, 0.05) is 11.3 Å². The summed E-state index contributed by atoms with van der Waals surface area (Å²) in [7, 11) is 0. The lowest BCUT2D eigenvalue weighted by molar-refractivity contribution is -0.132. The van der Waals surface area contributed by atoms with Gasteiger partial charge < -0.3 is 5.32 Å². The highest BCUT2D eigenvalue weighted by molar-refractivity contribution is 7.09. The van der Waals surface area contributed by atoms with Crippen LogP contribution < -0.4 is 5.32 Å². The van der Waals surface area contributed by atoms with Gasteiger partial charge in [-0.15, -0.1) is 11.3 Å². The number of carbonyl (C=O) groups excluding carboxylic acids is 2. The maximum Gasteiger partial charge on any atom is 0.325 e. The molecule has 1 saturated heterocycles. The van der Waals surface area contributed by atoms with Gasteiger partial charge in [0.1, 0.15) is 5.54 Å². The first-order valence-electron chi connectivity index (χ1n) is 8.00. The van der Waals surface area contributed by atoms with Crippen LogP contribution in [0.5, 0.6) is 0 Å². The van der Waals surface area contributed by atoms with Crippen molar-refractivity contribution in [2.24, 2.45) is 5.92 Å². The summed E-state index contributed by atoms with van der Waals surface area (Å²) in [5.41, 5.74) is 0.0184. The van der Waals surface area contributed by atoms with Crippen molar-refractivity contribution in [2.45, 2.75) is 64.5 Å². The van der Waals surface area contributed by atoms with E-state index in [1.165, 1.54) is 30.6 Å². The van der Waals surface area contributed by atoms with Crippen molar-refractivity contribution in [3.63, 3.8) is 0 Å². The van der Waals surface area contributed by atoms with Crippen LogP contribution in [0.4, 0.5) is 4.79 Å².